The number of aromatic nitrogens is 1. The Morgan fingerprint density at radius 3 is 3.20 bits per heavy atom. The predicted molar refractivity (Wildman–Crippen MR) is 60.3 cm³/mol. The van der Waals surface area contributed by atoms with Crippen LogP contribution >= 0.6 is 11.3 Å². The van der Waals surface area contributed by atoms with Gasteiger partial charge in [0.1, 0.15) is 6.61 Å². The third-order valence-corrected chi connectivity index (χ3v) is 4.56. The fourth-order valence-corrected chi connectivity index (χ4v) is 3.50. The summed E-state index contributed by atoms with van der Waals surface area (Å²) in [6.45, 7) is 0.811. The maximum atomic E-state index is 5.72. The van der Waals surface area contributed by atoms with Crippen molar-refractivity contribution in [2.24, 2.45) is 5.92 Å². The van der Waals surface area contributed by atoms with Crippen molar-refractivity contribution in [2.45, 2.75) is 31.3 Å². The topological polar surface area (TPSA) is 25.4 Å². The van der Waals surface area contributed by atoms with Gasteiger partial charge in [0.2, 0.25) is 0 Å². The van der Waals surface area contributed by atoms with Crippen LogP contribution in [-0.4, -0.2) is 35.6 Å². The average molecular weight is 224 g/mol. The van der Waals surface area contributed by atoms with Gasteiger partial charge in [0.25, 0.3) is 5.19 Å². The van der Waals surface area contributed by atoms with E-state index in [0.717, 1.165) is 23.8 Å². The van der Waals surface area contributed by atoms with Gasteiger partial charge in [-0.05, 0) is 32.2 Å². The van der Waals surface area contributed by atoms with E-state index < -0.39 is 0 Å². The van der Waals surface area contributed by atoms with Gasteiger partial charge in [0.05, 0.1) is 0 Å². The van der Waals surface area contributed by atoms with Gasteiger partial charge >= 0.3 is 0 Å². The van der Waals surface area contributed by atoms with Gasteiger partial charge in [-0.1, -0.05) is 11.3 Å². The summed E-state index contributed by atoms with van der Waals surface area (Å²) in [5.41, 5.74) is 0. The second-order valence-corrected chi connectivity index (χ2v) is 5.43. The summed E-state index contributed by atoms with van der Waals surface area (Å²) in [5.74, 6) is 0.861. The fraction of sp³-hybridized carbons (Fsp3) is 0.727. The van der Waals surface area contributed by atoms with Crippen LogP contribution in [0.2, 0.25) is 0 Å². The Balaban J connectivity index is 1.60. The third kappa shape index (κ3) is 1.66. The summed E-state index contributed by atoms with van der Waals surface area (Å²) in [6, 6.07) is 1.44. The molecule has 3 rings (SSSR count). The van der Waals surface area contributed by atoms with Crippen molar-refractivity contribution in [3.63, 3.8) is 0 Å². The second kappa shape index (κ2) is 3.76. The molecule has 1 aromatic rings. The quantitative estimate of drug-likeness (QED) is 0.785. The number of ether oxygens (including phenoxy) is 1. The van der Waals surface area contributed by atoms with E-state index in [2.05, 4.69) is 16.9 Å². The van der Waals surface area contributed by atoms with E-state index in [4.69, 9.17) is 4.74 Å². The first-order valence-corrected chi connectivity index (χ1v) is 6.47. The number of rotatable bonds is 3. The zero-order chi connectivity index (χ0) is 10.3. The minimum Gasteiger partial charge on any atom is -0.468 e. The van der Waals surface area contributed by atoms with Crippen molar-refractivity contribution < 1.29 is 4.74 Å². The molecular weight excluding hydrogens is 208 g/mol. The van der Waals surface area contributed by atoms with Crippen LogP contribution in [0.15, 0.2) is 11.6 Å². The minimum atomic E-state index is 0.618. The number of fused-ring (bicyclic) bond motifs is 2. The van der Waals surface area contributed by atoms with Gasteiger partial charge in [-0.2, -0.15) is 0 Å². The Bertz CT molecular complexity index is 325. The highest BCUT2D eigenvalue weighted by atomic mass is 32.1. The molecule has 2 fully saturated rings. The molecule has 3 nitrogen and oxygen atoms in total. The van der Waals surface area contributed by atoms with Gasteiger partial charge in [-0.25, -0.2) is 4.98 Å². The molecule has 2 aliphatic rings. The molecule has 1 aromatic heterocycles. The van der Waals surface area contributed by atoms with Gasteiger partial charge in [-0.3, -0.25) is 4.90 Å². The average Bonchev–Trinajstić information content (AvgIpc) is 2.92. The lowest BCUT2D eigenvalue weighted by Gasteiger charge is -2.31. The van der Waals surface area contributed by atoms with Crippen LogP contribution in [0.1, 0.15) is 19.3 Å². The predicted octanol–water partition coefficient (Wildman–Crippen LogP) is 2.00. The van der Waals surface area contributed by atoms with E-state index in [1.807, 2.05) is 5.38 Å². The van der Waals surface area contributed by atoms with E-state index in [0.29, 0.717) is 6.04 Å². The number of thiazole rings is 1. The maximum Gasteiger partial charge on any atom is 0.273 e. The minimum absolute atomic E-state index is 0.618. The molecule has 1 aliphatic carbocycles. The maximum absolute atomic E-state index is 5.72. The molecule has 1 aliphatic heterocycles. The van der Waals surface area contributed by atoms with Gasteiger partial charge in [0.15, 0.2) is 0 Å². The Morgan fingerprint density at radius 1 is 1.60 bits per heavy atom. The van der Waals surface area contributed by atoms with Crippen LogP contribution in [0.3, 0.4) is 0 Å². The molecule has 0 aromatic carbocycles. The van der Waals surface area contributed by atoms with E-state index in [9.17, 15) is 0 Å². The smallest absolute Gasteiger partial charge is 0.273 e. The van der Waals surface area contributed by atoms with E-state index in [-0.39, 0.29) is 0 Å². The lowest BCUT2D eigenvalue weighted by atomic mass is 10.00. The summed E-state index contributed by atoms with van der Waals surface area (Å²) >= 11 is 1.58. The molecule has 15 heavy (non-hydrogen) atoms. The number of piperidine rings is 1. The Labute approximate surface area is 94.1 Å². The summed E-state index contributed by atoms with van der Waals surface area (Å²) in [4.78, 5) is 6.64. The van der Waals surface area contributed by atoms with Gasteiger partial charge in [0, 0.05) is 23.7 Å². The largest absolute Gasteiger partial charge is 0.468 e. The third-order valence-electron chi connectivity index (χ3n) is 3.88. The van der Waals surface area contributed by atoms with Gasteiger partial charge < -0.3 is 4.74 Å². The number of likely N-dealkylation sites (tertiary alicyclic amines) is 1. The standard InChI is InChI=1S/C11H16N2OS/c1-13-9-3-2-8(6-9)10(13)7-14-11-12-4-5-15-11/h4-5,8-10H,2-3,6-7H2,1H3/t8-,9+,10-/m0/s1. The van der Waals surface area contributed by atoms with Crippen LogP contribution in [-0.2, 0) is 0 Å². The lowest BCUT2D eigenvalue weighted by Crippen LogP contribution is -2.41. The number of nitrogens with zero attached hydrogens (tertiary/aromatic N) is 2. The second-order valence-electron chi connectivity index (χ2n) is 4.57. The molecule has 0 spiro atoms. The summed E-state index contributed by atoms with van der Waals surface area (Å²) in [6.07, 6.45) is 5.95. The number of hydrogen-bond acceptors (Lipinski definition) is 4. The Morgan fingerprint density at radius 2 is 2.53 bits per heavy atom. The van der Waals surface area contributed by atoms with Crippen molar-refractivity contribution in [1.29, 1.82) is 0 Å². The van der Waals surface area contributed by atoms with Crippen LogP contribution in [0.5, 0.6) is 5.19 Å². The summed E-state index contributed by atoms with van der Waals surface area (Å²) in [7, 11) is 2.24. The highest BCUT2D eigenvalue weighted by Gasteiger charge is 2.43. The molecule has 1 saturated heterocycles. The molecule has 3 atom stereocenters. The molecule has 0 amide bonds. The first-order chi connectivity index (χ1) is 7.34. The van der Waals surface area contributed by atoms with Crippen LogP contribution in [0, 0.1) is 5.92 Å². The summed E-state index contributed by atoms with van der Waals surface area (Å²) < 4.78 is 5.72. The van der Waals surface area contributed by atoms with E-state index in [1.54, 1.807) is 17.5 Å². The molecule has 2 heterocycles. The lowest BCUT2D eigenvalue weighted by molar-refractivity contribution is 0.118. The van der Waals surface area contributed by atoms with Crippen molar-refractivity contribution >= 4 is 11.3 Å². The van der Waals surface area contributed by atoms with E-state index >= 15 is 0 Å². The molecule has 0 unspecified atom stereocenters. The van der Waals surface area contributed by atoms with Crippen LogP contribution in [0.25, 0.3) is 0 Å². The molecule has 2 bridgehead atoms. The SMILES string of the molecule is CN1[C@@H]2CC[C@@H](C2)[C@@H]1COc1nccs1. The molecule has 4 heteroatoms. The van der Waals surface area contributed by atoms with Crippen LogP contribution < -0.4 is 4.74 Å². The first kappa shape index (κ1) is 9.60. The highest BCUT2D eigenvalue weighted by molar-refractivity contribution is 7.11. The number of likely N-dealkylation sites (N-methyl/N-ethyl adjacent to an activating group) is 1. The molecule has 0 radical (unpaired) electrons. The first-order valence-electron chi connectivity index (χ1n) is 5.59. The Hall–Kier alpha value is -0.610. The monoisotopic (exact) mass is 224 g/mol. The van der Waals surface area contributed by atoms with Crippen LogP contribution in [0.4, 0.5) is 0 Å². The van der Waals surface area contributed by atoms with Crippen molar-refractivity contribution in [3.05, 3.63) is 11.6 Å². The number of hydrogen-bond donors (Lipinski definition) is 0. The van der Waals surface area contributed by atoms with Gasteiger partial charge in [-0.15, -0.1) is 0 Å². The Kier molecular flexibility index (Phi) is 2.41. The van der Waals surface area contributed by atoms with Crippen molar-refractivity contribution in [2.75, 3.05) is 13.7 Å². The van der Waals surface area contributed by atoms with E-state index in [1.165, 1.54) is 19.3 Å². The molecule has 82 valence electrons. The molecule has 0 N–H and O–H groups in total. The molecule has 1 saturated carbocycles. The fourth-order valence-electron chi connectivity index (χ4n) is 3.01. The normalized spacial score (nSPS) is 34.9. The van der Waals surface area contributed by atoms with Crippen molar-refractivity contribution in [1.82, 2.24) is 9.88 Å². The summed E-state index contributed by atoms with van der Waals surface area (Å²) in [5, 5.41) is 2.77. The zero-order valence-electron chi connectivity index (χ0n) is 8.93. The molecular formula is C11H16N2OS. The highest BCUT2D eigenvalue weighted by Crippen LogP contribution is 2.41. The zero-order valence-corrected chi connectivity index (χ0v) is 9.74. The van der Waals surface area contributed by atoms with Crippen molar-refractivity contribution in [3.8, 4) is 5.19 Å².